The Balaban J connectivity index is 1.61. The monoisotopic (exact) mass is 486 g/mol. The topological polar surface area (TPSA) is 80.3 Å². The van der Waals surface area contributed by atoms with Crippen molar-refractivity contribution in [2.45, 2.75) is 0 Å². The molecular weight excluding hydrogens is 456 g/mol. The maximum Gasteiger partial charge on any atom is 0.161 e. The van der Waals surface area contributed by atoms with Crippen LogP contribution in [0.3, 0.4) is 0 Å². The Kier molecular flexibility index (Phi) is 6.43. The fraction of sp³-hybridized carbons (Fsp3) is 0.250. The van der Waals surface area contributed by atoms with Crippen molar-refractivity contribution < 1.29 is 18.9 Å². The van der Waals surface area contributed by atoms with Gasteiger partial charge in [0.2, 0.25) is 0 Å². The fourth-order valence-electron chi connectivity index (χ4n) is 4.37. The molecule has 8 nitrogen and oxygen atoms in total. The molecule has 0 aliphatic heterocycles. The van der Waals surface area contributed by atoms with E-state index in [2.05, 4.69) is 21.4 Å². The molecule has 0 radical (unpaired) electrons. The number of methoxy groups -OCH3 is 3. The van der Waals surface area contributed by atoms with Crippen LogP contribution in [0.4, 0.5) is 5.69 Å². The first-order valence-corrected chi connectivity index (χ1v) is 11.7. The highest BCUT2D eigenvalue weighted by Crippen LogP contribution is 2.46. The second-order valence-electron chi connectivity index (χ2n) is 8.79. The maximum atomic E-state index is 6.03. The quantitative estimate of drug-likeness (QED) is 0.286. The molecule has 0 fully saturated rings. The first kappa shape index (κ1) is 23.6. The van der Waals surface area contributed by atoms with Crippen LogP contribution in [-0.4, -0.2) is 64.2 Å². The van der Waals surface area contributed by atoms with E-state index in [9.17, 15) is 0 Å². The molecule has 0 spiro atoms. The van der Waals surface area contributed by atoms with E-state index in [0.717, 1.165) is 62.7 Å². The largest absolute Gasteiger partial charge is 0.497 e. The first-order chi connectivity index (χ1) is 17.5. The Morgan fingerprint density at radius 3 is 2.19 bits per heavy atom. The summed E-state index contributed by atoms with van der Waals surface area (Å²) < 4.78 is 22.5. The van der Waals surface area contributed by atoms with Crippen molar-refractivity contribution in [1.29, 1.82) is 0 Å². The van der Waals surface area contributed by atoms with Gasteiger partial charge in [-0.15, -0.1) is 0 Å². The van der Waals surface area contributed by atoms with Gasteiger partial charge in [-0.1, -0.05) is 0 Å². The number of ether oxygens (including phenoxy) is 4. The summed E-state index contributed by atoms with van der Waals surface area (Å²) in [5.74, 6) is 2.92. The standard InChI is InChI=1S/C28H30N4O4/c1-32(2)12-13-36-19-10-11-23-22(14-19)26-27(29-23)20-15-24(34-4)25(35-5)16-21(20)28(26)31-30-17-6-8-18(33-3)9-7-17/h6-11,14-16,29-30H,12-13H2,1-5H3. The smallest absolute Gasteiger partial charge is 0.161 e. The molecule has 1 aromatic heterocycles. The summed E-state index contributed by atoms with van der Waals surface area (Å²) in [5, 5.41) is 5.90. The molecule has 4 aromatic rings. The van der Waals surface area contributed by atoms with Crippen molar-refractivity contribution in [2.24, 2.45) is 5.10 Å². The lowest BCUT2D eigenvalue weighted by Crippen LogP contribution is -2.19. The third-order valence-corrected chi connectivity index (χ3v) is 6.25. The van der Waals surface area contributed by atoms with Crippen molar-refractivity contribution in [2.75, 3.05) is 54.0 Å². The number of hydrogen-bond donors (Lipinski definition) is 2. The third-order valence-electron chi connectivity index (χ3n) is 6.25. The van der Waals surface area contributed by atoms with Gasteiger partial charge in [-0.3, -0.25) is 5.43 Å². The van der Waals surface area contributed by atoms with E-state index in [1.165, 1.54) is 0 Å². The van der Waals surface area contributed by atoms with Crippen molar-refractivity contribution in [1.82, 2.24) is 9.88 Å². The zero-order valence-electron chi connectivity index (χ0n) is 21.1. The highest BCUT2D eigenvalue weighted by molar-refractivity contribution is 6.30. The van der Waals surface area contributed by atoms with Gasteiger partial charge < -0.3 is 28.8 Å². The average molecular weight is 487 g/mol. The Morgan fingerprint density at radius 2 is 1.53 bits per heavy atom. The molecule has 0 unspecified atom stereocenters. The number of hydrazone groups is 1. The number of hydrogen-bond acceptors (Lipinski definition) is 7. The van der Waals surface area contributed by atoms with Crippen LogP contribution in [0.2, 0.25) is 0 Å². The SMILES string of the molecule is COc1ccc(NN=C2c3cc(OC)c(OC)cc3-c3[nH]c4ccc(OCCN(C)C)cc4c32)cc1. The molecule has 0 amide bonds. The number of anilines is 1. The van der Waals surface area contributed by atoms with E-state index in [4.69, 9.17) is 24.0 Å². The molecule has 3 aromatic carbocycles. The van der Waals surface area contributed by atoms with Gasteiger partial charge in [0.1, 0.15) is 23.8 Å². The molecule has 0 saturated heterocycles. The number of fused-ring (bicyclic) bond motifs is 5. The van der Waals surface area contributed by atoms with Crippen molar-refractivity contribution >= 4 is 22.3 Å². The summed E-state index contributed by atoms with van der Waals surface area (Å²) in [6.07, 6.45) is 0. The summed E-state index contributed by atoms with van der Waals surface area (Å²) in [5.41, 5.74) is 9.84. The second-order valence-corrected chi connectivity index (χ2v) is 8.79. The predicted octanol–water partition coefficient (Wildman–Crippen LogP) is 4.98. The number of benzene rings is 3. The van der Waals surface area contributed by atoms with Crippen LogP contribution in [0, 0.1) is 0 Å². The lowest BCUT2D eigenvalue weighted by molar-refractivity contribution is 0.261. The molecule has 0 atom stereocenters. The van der Waals surface area contributed by atoms with Crippen LogP contribution in [-0.2, 0) is 0 Å². The minimum Gasteiger partial charge on any atom is -0.497 e. The number of aromatic nitrogens is 1. The summed E-state index contributed by atoms with van der Waals surface area (Å²) >= 11 is 0. The van der Waals surface area contributed by atoms with E-state index < -0.39 is 0 Å². The van der Waals surface area contributed by atoms with Gasteiger partial charge in [-0.25, -0.2) is 0 Å². The summed E-state index contributed by atoms with van der Waals surface area (Å²) in [7, 11) is 8.99. The van der Waals surface area contributed by atoms with Crippen LogP contribution in [0.15, 0.2) is 59.7 Å². The van der Waals surface area contributed by atoms with Crippen LogP contribution in [0.5, 0.6) is 23.0 Å². The number of H-pyrrole nitrogens is 1. The Hall–Kier alpha value is -4.17. The Bertz CT molecular complexity index is 1420. The number of nitrogens with zero attached hydrogens (tertiary/aromatic N) is 2. The van der Waals surface area contributed by atoms with Gasteiger partial charge in [0.05, 0.1) is 32.7 Å². The zero-order valence-corrected chi connectivity index (χ0v) is 21.1. The minimum absolute atomic E-state index is 0.611. The molecule has 2 N–H and O–H groups in total. The predicted molar refractivity (Wildman–Crippen MR) is 143 cm³/mol. The fourth-order valence-corrected chi connectivity index (χ4v) is 4.37. The lowest BCUT2D eigenvalue weighted by atomic mass is 10.1. The average Bonchev–Trinajstić information content (AvgIpc) is 3.40. The molecule has 8 heteroatoms. The van der Waals surface area contributed by atoms with Gasteiger partial charge in [0.15, 0.2) is 11.5 Å². The second kappa shape index (κ2) is 9.83. The van der Waals surface area contributed by atoms with Crippen LogP contribution in [0.25, 0.3) is 22.2 Å². The van der Waals surface area contributed by atoms with E-state index in [1.807, 2.05) is 62.6 Å². The first-order valence-electron chi connectivity index (χ1n) is 11.7. The van der Waals surface area contributed by atoms with Gasteiger partial charge in [-0.05, 0) is 68.7 Å². The number of nitrogens with one attached hydrogen (secondary N) is 2. The van der Waals surface area contributed by atoms with Crippen LogP contribution < -0.4 is 24.4 Å². The van der Waals surface area contributed by atoms with Gasteiger partial charge in [0, 0.05) is 34.1 Å². The minimum atomic E-state index is 0.611. The molecule has 5 rings (SSSR count). The molecule has 0 bridgehead atoms. The molecule has 0 saturated carbocycles. The van der Waals surface area contributed by atoms with Crippen LogP contribution >= 0.6 is 0 Å². The number of likely N-dealkylation sites (N-methyl/N-ethyl adjacent to an activating group) is 1. The van der Waals surface area contributed by atoms with Gasteiger partial charge >= 0.3 is 0 Å². The zero-order chi connectivity index (χ0) is 25.2. The highest BCUT2D eigenvalue weighted by atomic mass is 16.5. The van der Waals surface area contributed by atoms with Crippen molar-refractivity contribution in [3.63, 3.8) is 0 Å². The van der Waals surface area contributed by atoms with E-state index in [1.54, 1.807) is 21.3 Å². The Morgan fingerprint density at radius 1 is 0.833 bits per heavy atom. The molecule has 1 aliphatic carbocycles. The lowest BCUT2D eigenvalue weighted by Gasteiger charge is -2.12. The summed E-state index contributed by atoms with van der Waals surface area (Å²) in [6, 6.07) is 17.7. The number of aromatic amines is 1. The van der Waals surface area contributed by atoms with Gasteiger partial charge in [-0.2, -0.15) is 5.10 Å². The molecule has 36 heavy (non-hydrogen) atoms. The van der Waals surface area contributed by atoms with Gasteiger partial charge in [0.25, 0.3) is 0 Å². The van der Waals surface area contributed by atoms with E-state index in [0.29, 0.717) is 18.1 Å². The summed E-state index contributed by atoms with van der Waals surface area (Å²) in [4.78, 5) is 5.68. The molecule has 1 aliphatic rings. The molecular formula is C28H30N4O4. The normalized spacial score (nSPS) is 13.1. The summed E-state index contributed by atoms with van der Waals surface area (Å²) in [6.45, 7) is 1.45. The number of rotatable bonds is 9. The van der Waals surface area contributed by atoms with E-state index in [-0.39, 0.29) is 0 Å². The van der Waals surface area contributed by atoms with Crippen molar-refractivity contribution in [3.05, 3.63) is 65.7 Å². The molecule has 1 heterocycles. The molecule has 186 valence electrons. The Labute approximate surface area is 210 Å². The van der Waals surface area contributed by atoms with Crippen LogP contribution in [0.1, 0.15) is 11.1 Å². The maximum absolute atomic E-state index is 6.03. The van der Waals surface area contributed by atoms with Crippen molar-refractivity contribution in [3.8, 4) is 34.3 Å². The highest BCUT2D eigenvalue weighted by Gasteiger charge is 2.31. The van der Waals surface area contributed by atoms with E-state index >= 15 is 0 Å². The third kappa shape index (κ3) is 4.31.